The molecule has 2 aliphatic heterocycles. The average molecular weight is 462 g/mol. The van der Waals surface area contributed by atoms with Crippen LogP contribution in [0.15, 0.2) is 44.5 Å². The first-order valence-corrected chi connectivity index (χ1v) is 10.9. The first-order chi connectivity index (χ1) is 12.6. The van der Waals surface area contributed by atoms with Gasteiger partial charge in [-0.3, -0.25) is 4.79 Å². The molecular weight excluding hydrogens is 447 g/mol. The van der Waals surface area contributed by atoms with E-state index in [-0.39, 0.29) is 20.9 Å². The van der Waals surface area contributed by atoms with E-state index in [1.807, 2.05) is 0 Å². The molecule has 1 aromatic carbocycles. The first-order valence-electron chi connectivity index (χ1n) is 8.45. The monoisotopic (exact) mass is 461 g/mol. The predicted molar refractivity (Wildman–Crippen MR) is 96.3 cm³/mol. The van der Waals surface area contributed by atoms with Gasteiger partial charge in [-0.1, -0.05) is 22.0 Å². The summed E-state index contributed by atoms with van der Waals surface area (Å²) in [6, 6.07) is 3.48. The summed E-state index contributed by atoms with van der Waals surface area (Å²) in [5.41, 5.74) is 1.16. The zero-order valence-electron chi connectivity index (χ0n) is 14.0. The molecule has 1 N–H and O–H groups in total. The summed E-state index contributed by atoms with van der Waals surface area (Å²) in [5, 5.41) is 3.12. The third-order valence-corrected chi connectivity index (χ3v) is 7.74. The quantitative estimate of drug-likeness (QED) is 0.680. The third-order valence-electron chi connectivity index (χ3n) is 5.19. The Kier molecular flexibility index (Phi) is 4.30. The van der Waals surface area contributed by atoms with Gasteiger partial charge in [-0.2, -0.15) is 13.2 Å². The molecule has 0 bridgehead atoms. The molecule has 27 heavy (non-hydrogen) atoms. The molecule has 4 nitrogen and oxygen atoms in total. The number of benzene rings is 1. The Labute approximate surface area is 162 Å². The topological polar surface area (TPSA) is 63.2 Å². The van der Waals surface area contributed by atoms with Crippen molar-refractivity contribution in [2.45, 2.75) is 37.8 Å². The Morgan fingerprint density at radius 1 is 1.11 bits per heavy atom. The van der Waals surface area contributed by atoms with Gasteiger partial charge in [-0.25, -0.2) is 8.42 Å². The molecule has 1 aromatic rings. The van der Waals surface area contributed by atoms with E-state index >= 15 is 0 Å². The molecule has 9 heteroatoms. The number of rotatable bonds is 1. The van der Waals surface area contributed by atoms with Crippen LogP contribution in [0.3, 0.4) is 0 Å². The van der Waals surface area contributed by atoms with Crippen LogP contribution < -0.4 is 5.32 Å². The molecule has 0 radical (unpaired) electrons. The number of nitrogens with one attached hydrogen (secondary N) is 1. The lowest BCUT2D eigenvalue weighted by atomic mass is 9.79. The molecule has 3 aliphatic rings. The van der Waals surface area contributed by atoms with Crippen LogP contribution in [0.1, 0.15) is 42.7 Å². The minimum absolute atomic E-state index is 0.0578. The zero-order valence-corrected chi connectivity index (χ0v) is 16.4. The summed E-state index contributed by atoms with van der Waals surface area (Å²) in [7, 11) is -3.58. The van der Waals surface area contributed by atoms with E-state index in [9.17, 15) is 26.4 Å². The first kappa shape index (κ1) is 18.7. The van der Waals surface area contributed by atoms with E-state index in [4.69, 9.17) is 0 Å². The maximum absolute atomic E-state index is 13.1. The Morgan fingerprint density at radius 3 is 2.52 bits per heavy atom. The van der Waals surface area contributed by atoms with Crippen molar-refractivity contribution >= 4 is 31.6 Å². The Bertz CT molecular complexity index is 1020. The van der Waals surface area contributed by atoms with Gasteiger partial charge in [-0.15, -0.1) is 0 Å². The number of carbonyl (C=O) groups is 1. The molecule has 0 saturated carbocycles. The van der Waals surface area contributed by atoms with Crippen molar-refractivity contribution < 1.29 is 26.4 Å². The SMILES string of the molecule is O=C1CCCC2=C1C(c1ccc(C(F)(F)F)c(Br)c1)C1=C(CCS1(=O)=O)N2. The molecule has 0 spiro atoms. The molecule has 144 valence electrons. The van der Waals surface area contributed by atoms with Gasteiger partial charge in [0, 0.05) is 34.3 Å². The van der Waals surface area contributed by atoms with E-state index < -0.39 is 27.5 Å². The van der Waals surface area contributed by atoms with Crippen LogP contribution in [-0.4, -0.2) is 20.0 Å². The van der Waals surface area contributed by atoms with Crippen molar-refractivity contribution in [3.63, 3.8) is 0 Å². The number of alkyl halides is 3. The highest BCUT2D eigenvalue weighted by Gasteiger charge is 2.45. The van der Waals surface area contributed by atoms with Crippen molar-refractivity contribution in [3.05, 3.63) is 55.7 Å². The molecule has 4 rings (SSSR count). The third kappa shape index (κ3) is 3.04. The largest absolute Gasteiger partial charge is 0.417 e. The molecule has 1 aliphatic carbocycles. The summed E-state index contributed by atoms with van der Waals surface area (Å²) in [6.07, 6.45) is -2.61. The number of ketones is 1. The second kappa shape index (κ2) is 6.20. The highest BCUT2D eigenvalue weighted by molar-refractivity contribution is 9.10. The molecule has 1 atom stereocenters. The number of carbonyl (C=O) groups excluding carboxylic acids is 1. The van der Waals surface area contributed by atoms with Gasteiger partial charge >= 0.3 is 6.18 Å². The van der Waals surface area contributed by atoms with Crippen LogP contribution in [0, 0.1) is 0 Å². The van der Waals surface area contributed by atoms with Crippen LogP contribution in [0.4, 0.5) is 13.2 Å². The number of hydrogen-bond acceptors (Lipinski definition) is 4. The summed E-state index contributed by atoms with van der Waals surface area (Å²) < 4.78 is 64.4. The average Bonchev–Trinajstić information content (AvgIpc) is 2.87. The van der Waals surface area contributed by atoms with Gasteiger partial charge in [0.25, 0.3) is 0 Å². The van der Waals surface area contributed by atoms with Crippen LogP contribution >= 0.6 is 15.9 Å². The van der Waals surface area contributed by atoms with Crippen LogP contribution in [0.2, 0.25) is 0 Å². The summed E-state index contributed by atoms with van der Waals surface area (Å²) in [6.45, 7) is 0. The van der Waals surface area contributed by atoms with Crippen molar-refractivity contribution in [2.75, 3.05) is 5.75 Å². The number of dihydropyridines is 1. The lowest BCUT2D eigenvalue weighted by Crippen LogP contribution is -2.32. The Morgan fingerprint density at radius 2 is 1.85 bits per heavy atom. The zero-order chi connectivity index (χ0) is 19.6. The fraction of sp³-hybridized carbons (Fsp3) is 0.389. The standard InChI is InChI=1S/C18H15BrF3NO3S/c19-11-8-9(4-5-10(11)18(20,21)22)15-16-12(2-1-3-14(16)24)23-13-6-7-27(25,26)17(13)15/h4-5,8,15,23H,1-3,6-7H2. The van der Waals surface area contributed by atoms with Crippen molar-refractivity contribution in [1.29, 1.82) is 0 Å². The molecule has 0 saturated heterocycles. The van der Waals surface area contributed by atoms with Gasteiger partial charge in [0.1, 0.15) is 0 Å². The fourth-order valence-corrected chi connectivity index (χ4v) is 6.49. The highest BCUT2D eigenvalue weighted by atomic mass is 79.9. The molecular formula is C18H15BrF3NO3S. The summed E-state index contributed by atoms with van der Waals surface area (Å²) in [5.74, 6) is -1.06. The normalized spacial score (nSPS) is 24.6. The lowest BCUT2D eigenvalue weighted by molar-refractivity contribution is -0.138. The molecule has 0 amide bonds. The van der Waals surface area contributed by atoms with E-state index in [1.165, 1.54) is 12.1 Å². The maximum Gasteiger partial charge on any atom is 0.417 e. The van der Waals surface area contributed by atoms with Crippen LogP contribution in [0.5, 0.6) is 0 Å². The van der Waals surface area contributed by atoms with Gasteiger partial charge in [0.15, 0.2) is 15.6 Å². The number of hydrogen-bond donors (Lipinski definition) is 1. The van der Waals surface area contributed by atoms with Crippen LogP contribution in [-0.2, 0) is 20.8 Å². The van der Waals surface area contributed by atoms with Crippen molar-refractivity contribution in [1.82, 2.24) is 5.32 Å². The van der Waals surface area contributed by atoms with E-state index in [2.05, 4.69) is 21.2 Å². The molecule has 1 unspecified atom stereocenters. The molecule has 0 fully saturated rings. The number of sulfone groups is 1. The van der Waals surface area contributed by atoms with Crippen molar-refractivity contribution in [3.8, 4) is 0 Å². The summed E-state index contributed by atoms with van der Waals surface area (Å²) in [4.78, 5) is 12.7. The maximum atomic E-state index is 13.1. The van der Waals surface area contributed by atoms with E-state index in [0.717, 1.165) is 6.07 Å². The second-order valence-electron chi connectivity index (χ2n) is 6.88. The van der Waals surface area contributed by atoms with E-state index in [0.29, 0.717) is 48.2 Å². The van der Waals surface area contributed by atoms with Crippen molar-refractivity contribution in [2.24, 2.45) is 0 Å². The summed E-state index contributed by atoms with van der Waals surface area (Å²) >= 11 is 2.95. The highest BCUT2D eigenvalue weighted by Crippen LogP contribution is 2.48. The lowest BCUT2D eigenvalue weighted by Gasteiger charge is -2.33. The fourth-order valence-electron chi connectivity index (χ4n) is 4.04. The molecule has 2 heterocycles. The molecule has 0 aromatic heterocycles. The Hall–Kier alpha value is -1.61. The number of allylic oxidation sites excluding steroid dienone is 4. The minimum Gasteiger partial charge on any atom is -0.361 e. The van der Waals surface area contributed by atoms with Gasteiger partial charge in [0.05, 0.1) is 22.1 Å². The minimum atomic E-state index is -4.53. The number of Topliss-reactive ketones (excluding diaryl/α,β-unsaturated/α-hetero) is 1. The van der Waals surface area contributed by atoms with E-state index in [1.54, 1.807) is 0 Å². The van der Waals surface area contributed by atoms with Gasteiger partial charge < -0.3 is 5.32 Å². The predicted octanol–water partition coefficient (Wildman–Crippen LogP) is 4.19. The smallest absolute Gasteiger partial charge is 0.361 e. The Balaban J connectivity index is 1.91. The number of halogens is 4. The van der Waals surface area contributed by atoms with Gasteiger partial charge in [0.2, 0.25) is 0 Å². The second-order valence-corrected chi connectivity index (χ2v) is 9.81. The van der Waals surface area contributed by atoms with Gasteiger partial charge in [-0.05, 0) is 30.5 Å². The van der Waals surface area contributed by atoms with Crippen LogP contribution in [0.25, 0.3) is 0 Å².